The lowest BCUT2D eigenvalue weighted by molar-refractivity contribution is -0.156. The van der Waals surface area contributed by atoms with Crippen LogP contribution in [0.1, 0.15) is 104 Å². The topological polar surface area (TPSA) is 98.8 Å². The predicted octanol–water partition coefficient (Wildman–Crippen LogP) is 5.65. The lowest BCUT2D eigenvalue weighted by atomic mass is 10.1. The normalized spacial score (nSPS) is 12.8. The van der Waals surface area contributed by atoms with Gasteiger partial charge in [0.2, 0.25) is 0 Å². The van der Waals surface area contributed by atoms with Gasteiger partial charge < -0.3 is 33.2 Å². The third-order valence-electron chi connectivity index (χ3n) is 6.41. The van der Waals surface area contributed by atoms with Gasteiger partial charge in [-0.25, -0.2) is 9.59 Å². The molecule has 9 heteroatoms. The molecule has 9 nitrogen and oxygen atoms in total. The molecule has 0 radical (unpaired) electrons. The number of hydrogen-bond acceptors (Lipinski definition) is 9. The van der Waals surface area contributed by atoms with Gasteiger partial charge in [0.1, 0.15) is 0 Å². The molecule has 0 aliphatic rings. The van der Waals surface area contributed by atoms with Gasteiger partial charge in [-0.3, -0.25) is 0 Å². The van der Waals surface area contributed by atoms with Gasteiger partial charge >= 0.3 is 11.9 Å². The van der Waals surface area contributed by atoms with E-state index >= 15 is 0 Å². The molecule has 0 aromatic heterocycles. The van der Waals surface area contributed by atoms with Crippen molar-refractivity contribution in [1.29, 1.82) is 0 Å². The Labute approximate surface area is 237 Å². The Bertz CT molecular complexity index is 499. The molecule has 0 spiro atoms. The van der Waals surface area contributed by atoms with Crippen LogP contribution in [0, 0.1) is 0 Å². The first-order valence-electron chi connectivity index (χ1n) is 15.2. The van der Waals surface area contributed by atoms with Gasteiger partial charge in [0.15, 0.2) is 12.2 Å². The molecule has 0 N–H and O–H groups in total. The van der Waals surface area contributed by atoms with Crippen molar-refractivity contribution >= 4 is 11.9 Å². The fourth-order valence-corrected chi connectivity index (χ4v) is 4.06. The highest BCUT2D eigenvalue weighted by atomic mass is 16.6. The maximum Gasteiger partial charge on any atom is 0.334 e. The summed E-state index contributed by atoms with van der Waals surface area (Å²) in [4.78, 5) is 23.8. The van der Waals surface area contributed by atoms with Crippen molar-refractivity contribution < 1.29 is 42.7 Å². The summed E-state index contributed by atoms with van der Waals surface area (Å²) < 4.78 is 37.6. The third kappa shape index (κ3) is 24.3. The second kappa shape index (κ2) is 29.7. The van der Waals surface area contributed by atoms with Gasteiger partial charge in [0.25, 0.3) is 0 Å². The molecule has 0 aliphatic heterocycles. The summed E-state index contributed by atoms with van der Waals surface area (Å²) in [5.74, 6) is -0.646. The van der Waals surface area contributed by atoms with E-state index in [1.165, 1.54) is 65.6 Å². The second-order valence-corrected chi connectivity index (χ2v) is 9.72. The van der Waals surface area contributed by atoms with Gasteiger partial charge in [-0.15, -0.1) is 0 Å². The fraction of sp³-hybridized carbons (Fsp3) is 0.933. The standard InChI is InChI=1S/C30H58O9/c1-5-7-9-11-13-15-17-27(29(31)33-3)38-25-23-36-21-19-35-20-22-37-24-26-39-28(30(32)34-4)18-16-14-12-10-8-6-2/h27-28H,5-26H2,1-4H3. The maximum atomic E-state index is 11.9. The monoisotopic (exact) mass is 562 g/mol. The molecule has 0 fully saturated rings. The van der Waals surface area contributed by atoms with Crippen LogP contribution >= 0.6 is 0 Å². The highest BCUT2D eigenvalue weighted by molar-refractivity contribution is 5.74. The molecule has 0 saturated heterocycles. The van der Waals surface area contributed by atoms with Crippen molar-refractivity contribution in [2.45, 2.75) is 116 Å². The summed E-state index contributed by atoms with van der Waals surface area (Å²) in [5, 5.41) is 0. The van der Waals surface area contributed by atoms with Gasteiger partial charge in [-0.05, 0) is 12.8 Å². The highest BCUT2D eigenvalue weighted by Crippen LogP contribution is 2.13. The summed E-state index contributed by atoms with van der Waals surface area (Å²) in [6.07, 6.45) is 14.3. The largest absolute Gasteiger partial charge is 0.467 e. The minimum atomic E-state index is -0.527. The molecule has 0 aromatic carbocycles. The first-order valence-corrected chi connectivity index (χ1v) is 15.2. The molecule has 2 unspecified atom stereocenters. The van der Waals surface area contributed by atoms with Crippen LogP contribution in [0.25, 0.3) is 0 Å². The zero-order chi connectivity index (χ0) is 28.8. The lowest BCUT2D eigenvalue weighted by Gasteiger charge is -2.16. The first-order chi connectivity index (χ1) is 19.1. The van der Waals surface area contributed by atoms with Crippen molar-refractivity contribution in [3.8, 4) is 0 Å². The minimum absolute atomic E-state index is 0.323. The fourth-order valence-electron chi connectivity index (χ4n) is 4.06. The molecule has 39 heavy (non-hydrogen) atoms. The Morgan fingerprint density at radius 2 is 0.769 bits per heavy atom. The number of esters is 2. The third-order valence-corrected chi connectivity index (χ3v) is 6.41. The number of carbonyl (C=O) groups excluding carboxylic acids is 2. The summed E-state index contributed by atoms with van der Waals surface area (Å²) in [6.45, 7) is 7.62. The Morgan fingerprint density at radius 1 is 0.462 bits per heavy atom. The Morgan fingerprint density at radius 3 is 1.10 bits per heavy atom. The molecule has 0 rings (SSSR count). The van der Waals surface area contributed by atoms with E-state index < -0.39 is 12.2 Å². The molecule has 0 bridgehead atoms. The Hall–Kier alpha value is -1.26. The van der Waals surface area contributed by atoms with E-state index in [9.17, 15) is 9.59 Å². The van der Waals surface area contributed by atoms with Crippen LogP contribution in [-0.2, 0) is 42.7 Å². The zero-order valence-electron chi connectivity index (χ0n) is 25.4. The highest BCUT2D eigenvalue weighted by Gasteiger charge is 2.20. The summed E-state index contributed by atoms with van der Waals surface area (Å²) in [7, 11) is 2.78. The van der Waals surface area contributed by atoms with Crippen LogP contribution in [0.5, 0.6) is 0 Å². The average molecular weight is 563 g/mol. The molecule has 0 saturated carbocycles. The van der Waals surface area contributed by atoms with Crippen LogP contribution < -0.4 is 0 Å². The van der Waals surface area contributed by atoms with Crippen LogP contribution in [0.3, 0.4) is 0 Å². The molecule has 0 aromatic rings. The first kappa shape index (κ1) is 37.7. The smallest absolute Gasteiger partial charge is 0.334 e. The van der Waals surface area contributed by atoms with Gasteiger partial charge in [0.05, 0.1) is 67.1 Å². The van der Waals surface area contributed by atoms with E-state index in [1.807, 2.05) is 0 Å². The molecular weight excluding hydrogens is 504 g/mol. The molecule has 0 aliphatic carbocycles. The van der Waals surface area contributed by atoms with Crippen molar-refractivity contribution in [1.82, 2.24) is 0 Å². The second-order valence-electron chi connectivity index (χ2n) is 9.72. The number of rotatable bonds is 30. The summed E-state index contributed by atoms with van der Waals surface area (Å²) >= 11 is 0. The van der Waals surface area contributed by atoms with Crippen molar-refractivity contribution in [2.75, 3.05) is 67.1 Å². The minimum Gasteiger partial charge on any atom is -0.467 e. The average Bonchev–Trinajstić information content (AvgIpc) is 2.95. The number of unbranched alkanes of at least 4 members (excludes halogenated alkanes) is 10. The Kier molecular flexibility index (Phi) is 28.8. The van der Waals surface area contributed by atoms with Crippen molar-refractivity contribution in [2.24, 2.45) is 0 Å². The summed E-state index contributed by atoms with van der Waals surface area (Å²) in [5.41, 5.74) is 0. The number of hydrogen-bond donors (Lipinski definition) is 0. The van der Waals surface area contributed by atoms with Crippen LogP contribution in [0.4, 0.5) is 0 Å². The van der Waals surface area contributed by atoms with Gasteiger partial charge in [-0.1, -0.05) is 90.9 Å². The molecule has 2 atom stereocenters. The van der Waals surface area contributed by atoms with Crippen molar-refractivity contribution in [3.05, 3.63) is 0 Å². The predicted molar refractivity (Wildman–Crippen MR) is 152 cm³/mol. The summed E-state index contributed by atoms with van der Waals surface area (Å²) in [6, 6.07) is 0. The van der Waals surface area contributed by atoms with Crippen LogP contribution in [-0.4, -0.2) is 91.2 Å². The molecule has 0 heterocycles. The quantitative estimate of drug-likeness (QED) is 0.0812. The van der Waals surface area contributed by atoms with E-state index in [4.69, 9.17) is 33.2 Å². The maximum absolute atomic E-state index is 11.9. The number of ether oxygens (including phenoxy) is 7. The van der Waals surface area contributed by atoms with Gasteiger partial charge in [-0.2, -0.15) is 0 Å². The SMILES string of the molecule is CCCCCCCCC(OCCOCCOCCOCCOC(CCCCCCCC)C(=O)OC)C(=O)OC. The van der Waals surface area contributed by atoms with E-state index in [0.717, 1.165) is 25.7 Å². The van der Waals surface area contributed by atoms with E-state index in [-0.39, 0.29) is 11.9 Å². The van der Waals surface area contributed by atoms with E-state index in [0.29, 0.717) is 65.7 Å². The molecule has 232 valence electrons. The number of carbonyl (C=O) groups is 2. The Balaban J connectivity index is 3.70. The van der Waals surface area contributed by atoms with E-state index in [1.54, 1.807) is 0 Å². The molecular formula is C30H58O9. The zero-order valence-corrected chi connectivity index (χ0v) is 25.4. The van der Waals surface area contributed by atoms with Crippen LogP contribution in [0.2, 0.25) is 0 Å². The molecule has 0 amide bonds. The van der Waals surface area contributed by atoms with Gasteiger partial charge in [0, 0.05) is 0 Å². The lowest BCUT2D eigenvalue weighted by Crippen LogP contribution is -2.27. The van der Waals surface area contributed by atoms with E-state index in [2.05, 4.69) is 13.8 Å². The van der Waals surface area contributed by atoms with Crippen LogP contribution in [0.15, 0.2) is 0 Å². The van der Waals surface area contributed by atoms with Crippen molar-refractivity contribution in [3.63, 3.8) is 0 Å². The number of methoxy groups -OCH3 is 2.